The van der Waals surface area contributed by atoms with Crippen LogP contribution in [-0.4, -0.2) is 35.2 Å². The molecular weight excluding hydrogens is 419 g/mol. The van der Waals surface area contributed by atoms with Crippen LogP contribution in [0.4, 0.5) is 13.2 Å². The lowest BCUT2D eigenvalue weighted by Crippen LogP contribution is -2.39. The third-order valence-electron chi connectivity index (χ3n) is 5.23. The first kappa shape index (κ1) is 23.6. The second kappa shape index (κ2) is 10.0. The van der Waals surface area contributed by atoms with Gasteiger partial charge in [-0.2, -0.15) is 13.2 Å². The Hall–Kier alpha value is -3.06. The van der Waals surface area contributed by atoms with E-state index in [-0.39, 0.29) is 30.7 Å². The molecule has 0 saturated carbocycles. The lowest BCUT2D eigenvalue weighted by molar-refractivity contribution is -0.137. The maximum Gasteiger partial charge on any atom is 0.416 e. The molecule has 3 rings (SSSR count). The van der Waals surface area contributed by atoms with Crippen molar-refractivity contribution in [2.45, 2.75) is 32.7 Å². The van der Waals surface area contributed by atoms with Gasteiger partial charge in [-0.25, -0.2) is 0 Å². The number of rotatable bonds is 8. The van der Waals surface area contributed by atoms with E-state index in [1.165, 1.54) is 12.1 Å². The lowest BCUT2D eigenvalue weighted by Gasteiger charge is -2.26. The first-order valence-electron chi connectivity index (χ1n) is 10.4. The Morgan fingerprint density at radius 2 is 1.84 bits per heavy atom. The van der Waals surface area contributed by atoms with Crippen molar-refractivity contribution in [2.24, 2.45) is 5.92 Å². The summed E-state index contributed by atoms with van der Waals surface area (Å²) < 4.78 is 43.5. The first-order chi connectivity index (χ1) is 15.1. The van der Waals surface area contributed by atoms with E-state index in [0.717, 1.165) is 23.3 Å². The number of amides is 1. The summed E-state index contributed by atoms with van der Waals surface area (Å²) in [6.07, 6.45) is 0.147. The number of nitrogens with zero attached hydrogens (tertiary/aromatic N) is 1. The topological polar surface area (TPSA) is 49.8 Å². The SMILES string of the molecule is Cc1ccccc1CN(CC(O)COc1ccc(C(F)(F)F)cc1)C(=O)C1=CC(C)C=C1. The fraction of sp³-hybridized carbons (Fsp3) is 0.320. The lowest BCUT2D eigenvalue weighted by atomic mass is 10.1. The molecule has 0 aromatic heterocycles. The van der Waals surface area contributed by atoms with Crippen LogP contribution in [0.3, 0.4) is 0 Å². The molecule has 0 bridgehead atoms. The highest BCUT2D eigenvalue weighted by molar-refractivity contribution is 5.97. The molecule has 7 heteroatoms. The van der Waals surface area contributed by atoms with Crippen LogP contribution in [-0.2, 0) is 17.5 Å². The van der Waals surface area contributed by atoms with Gasteiger partial charge >= 0.3 is 6.18 Å². The molecule has 1 aliphatic carbocycles. The molecule has 1 aliphatic rings. The third-order valence-corrected chi connectivity index (χ3v) is 5.23. The molecule has 0 radical (unpaired) electrons. The van der Waals surface area contributed by atoms with E-state index < -0.39 is 17.8 Å². The highest BCUT2D eigenvalue weighted by Crippen LogP contribution is 2.30. The number of benzene rings is 2. The smallest absolute Gasteiger partial charge is 0.416 e. The Bertz CT molecular complexity index is 996. The monoisotopic (exact) mass is 445 g/mol. The standard InChI is InChI=1S/C25H26F3NO3/c1-17-7-8-19(13-17)24(31)29(14-20-6-4-3-5-18(20)2)15-22(30)16-32-23-11-9-21(10-12-23)25(26,27)28/h3-13,17,22,30H,14-16H2,1-2H3. The molecule has 32 heavy (non-hydrogen) atoms. The minimum absolute atomic E-state index is 0.0212. The van der Waals surface area contributed by atoms with Crippen molar-refractivity contribution in [2.75, 3.05) is 13.2 Å². The van der Waals surface area contributed by atoms with Crippen LogP contribution in [0.15, 0.2) is 72.3 Å². The van der Waals surface area contributed by atoms with Crippen molar-refractivity contribution in [1.82, 2.24) is 4.90 Å². The zero-order valence-electron chi connectivity index (χ0n) is 18.0. The highest BCUT2D eigenvalue weighted by Gasteiger charge is 2.30. The van der Waals surface area contributed by atoms with E-state index in [1.807, 2.05) is 50.3 Å². The summed E-state index contributed by atoms with van der Waals surface area (Å²) in [5.41, 5.74) is 1.80. The van der Waals surface area contributed by atoms with Gasteiger partial charge in [0, 0.05) is 12.1 Å². The predicted octanol–water partition coefficient (Wildman–Crippen LogP) is 4.91. The summed E-state index contributed by atoms with van der Waals surface area (Å²) in [5.74, 6) is 0.189. The first-order valence-corrected chi connectivity index (χ1v) is 10.4. The number of halogens is 3. The number of aryl methyl sites for hydroxylation is 1. The normalized spacial score (nSPS) is 16.6. The van der Waals surface area contributed by atoms with Gasteiger partial charge < -0.3 is 14.7 Å². The number of allylic oxidation sites excluding steroid dienone is 2. The van der Waals surface area contributed by atoms with Crippen LogP contribution < -0.4 is 4.74 Å². The minimum Gasteiger partial charge on any atom is -0.491 e. The van der Waals surface area contributed by atoms with Crippen molar-refractivity contribution in [3.8, 4) is 5.75 Å². The number of alkyl halides is 3. The zero-order valence-corrected chi connectivity index (χ0v) is 18.0. The second-order valence-electron chi connectivity index (χ2n) is 7.94. The molecule has 0 fully saturated rings. The van der Waals surface area contributed by atoms with Crippen LogP contribution in [0.5, 0.6) is 5.75 Å². The number of aliphatic hydroxyl groups is 1. The summed E-state index contributed by atoms with van der Waals surface area (Å²) in [5, 5.41) is 10.5. The molecule has 2 aromatic carbocycles. The second-order valence-corrected chi connectivity index (χ2v) is 7.94. The Kier molecular flexibility index (Phi) is 7.40. The average Bonchev–Trinajstić information content (AvgIpc) is 3.18. The zero-order chi connectivity index (χ0) is 23.3. The van der Waals surface area contributed by atoms with Gasteiger partial charge in [0.2, 0.25) is 0 Å². The number of hydrogen-bond acceptors (Lipinski definition) is 3. The number of carbonyl (C=O) groups excluding carboxylic acids is 1. The molecule has 4 nitrogen and oxygen atoms in total. The quantitative estimate of drug-likeness (QED) is 0.628. The van der Waals surface area contributed by atoms with Gasteiger partial charge in [-0.1, -0.05) is 49.4 Å². The number of ether oxygens (including phenoxy) is 1. The third kappa shape index (κ3) is 6.23. The van der Waals surface area contributed by atoms with Gasteiger partial charge in [0.05, 0.1) is 12.1 Å². The van der Waals surface area contributed by atoms with E-state index in [2.05, 4.69) is 0 Å². The van der Waals surface area contributed by atoms with Gasteiger partial charge in [0.1, 0.15) is 18.5 Å². The molecule has 0 spiro atoms. The maximum absolute atomic E-state index is 13.1. The molecule has 2 unspecified atom stereocenters. The Balaban J connectivity index is 1.67. The predicted molar refractivity (Wildman–Crippen MR) is 116 cm³/mol. The molecular formula is C25H26F3NO3. The number of carbonyl (C=O) groups is 1. The number of hydrogen-bond donors (Lipinski definition) is 1. The largest absolute Gasteiger partial charge is 0.491 e. The minimum atomic E-state index is -4.42. The van der Waals surface area contributed by atoms with E-state index in [9.17, 15) is 23.1 Å². The van der Waals surface area contributed by atoms with Gasteiger partial charge in [0.25, 0.3) is 5.91 Å². The van der Waals surface area contributed by atoms with Crippen molar-refractivity contribution in [3.05, 3.63) is 89.0 Å². The molecule has 0 saturated heterocycles. The molecule has 1 amide bonds. The molecule has 2 atom stereocenters. The number of aliphatic hydroxyl groups excluding tert-OH is 1. The summed E-state index contributed by atoms with van der Waals surface area (Å²) in [4.78, 5) is 14.7. The average molecular weight is 445 g/mol. The van der Waals surface area contributed by atoms with Gasteiger partial charge in [-0.05, 0) is 48.2 Å². The van der Waals surface area contributed by atoms with E-state index in [1.54, 1.807) is 11.0 Å². The summed E-state index contributed by atoms with van der Waals surface area (Å²) >= 11 is 0. The van der Waals surface area contributed by atoms with Crippen molar-refractivity contribution < 1.29 is 27.8 Å². The van der Waals surface area contributed by atoms with Crippen molar-refractivity contribution in [1.29, 1.82) is 0 Å². The van der Waals surface area contributed by atoms with E-state index >= 15 is 0 Å². The van der Waals surface area contributed by atoms with Crippen LogP contribution in [0.1, 0.15) is 23.6 Å². The van der Waals surface area contributed by atoms with E-state index in [4.69, 9.17) is 4.74 Å². The van der Waals surface area contributed by atoms with Crippen LogP contribution in [0.25, 0.3) is 0 Å². The molecule has 2 aromatic rings. The van der Waals surface area contributed by atoms with Gasteiger partial charge in [-0.15, -0.1) is 0 Å². The Morgan fingerprint density at radius 1 is 1.16 bits per heavy atom. The summed E-state index contributed by atoms with van der Waals surface area (Å²) in [6, 6.07) is 12.0. The van der Waals surface area contributed by atoms with Gasteiger partial charge in [-0.3, -0.25) is 4.79 Å². The van der Waals surface area contributed by atoms with Crippen LogP contribution >= 0.6 is 0 Å². The fourth-order valence-corrected chi connectivity index (χ4v) is 3.43. The Morgan fingerprint density at radius 3 is 2.44 bits per heavy atom. The van der Waals surface area contributed by atoms with Gasteiger partial charge in [0.15, 0.2) is 0 Å². The molecule has 170 valence electrons. The van der Waals surface area contributed by atoms with Crippen LogP contribution in [0, 0.1) is 12.8 Å². The Labute approximate surface area is 185 Å². The fourth-order valence-electron chi connectivity index (χ4n) is 3.43. The van der Waals surface area contributed by atoms with Crippen molar-refractivity contribution in [3.63, 3.8) is 0 Å². The molecule has 1 N–H and O–H groups in total. The van der Waals surface area contributed by atoms with E-state index in [0.29, 0.717) is 12.1 Å². The molecule has 0 aliphatic heterocycles. The highest BCUT2D eigenvalue weighted by atomic mass is 19.4. The maximum atomic E-state index is 13.1. The molecule has 0 heterocycles. The summed E-state index contributed by atoms with van der Waals surface area (Å²) in [7, 11) is 0. The summed E-state index contributed by atoms with van der Waals surface area (Å²) in [6.45, 7) is 4.12. The van der Waals surface area contributed by atoms with Crippen molar-refractivity contribution >= 4 is 5.91 Å². The van der Waals surface area contributed by atoms with Crippen LogP contribution in [0.2, 0.25) is 0 Å².